The van der Waals surface area contributed by atoms with Crippen LogP contribution in [0.4, 0.5) is 0 Å². The fourth-order valence-electron chi connectivity index (χ4n) is 4.47. The standard InChI is InChI=1S/C24H36O6S2.2H3N/c1-2-3-4-5-6-7-8-9-10-14-19-24(32(28,29)30)20-15-18-22(23(24)31(25,26)27)21-16-12-11-13-17-21;;/h11-13,15-18,20,23H,2-10,14,19H2,1H3,(H,25,26,27)(H,28,29,30);2*1H3. The zero-order chi connectivity index (χ0) is 23.7. The molecular formula is C24H42N2O6S2. The maximum absolute atomic E-state index is 12.4. The van der Waals surface area contributed by atoms with Crippen LogP contribution in [0.1, 0.15) is 83.1 Å². The average Bonchev–Trinajstić information content (AvgIpc) is 2.74. The molecule has 1 aromatic rings. The minimum atomic E-state index is -5.13. The summed E-state index contributed by atoms with van der Waals surface area (Å²) in [5.41, 5.74) is 0.465. The van der Waals surface area contributed by atoms with Crippen LogP contribution in [-0.4, -0.2) is 35.9 Å². The highest BCUT2D eigenvalue weighted by atomic mass is 32.2. The van der Waals surface area contributed by atoms with Crippen LogP contribution >= 0.6 is 0 Å². The van der Waals surface area contributed by atoms with Crippen molar-refractivity contribution in [2.45, 2.75) is 87.5 Å². The highest BCUT2D eigenvalue weighted by Crippen LogP contribution is 2.42. The first-order chi connectivity index (χ1) is 15.1. The van der Waals surface area contributed by atoms with Gasteiger partial charge in [0, 0.05) is 0 Å². The molecule has 8 N–H and O–H groups in total. The van der Waals surface area contributed by atoms with Gasteiger partial charge in [0.15, 0.2) is 0 Å². The fraction of sp³-hybridized carbons (Fsp3) is 0.583. The van der Waals surface area contributed by atoms with Crippen molar-refractivity contribution in [1.29, 1.82) is 0 Å². The Morgan fingerprint density at radius 3 is 1.76 bits per heavy atom. The van der Waals surface area contributed by atoms with E-state index in [0.717, 1.165) is 25.3 Å². The van der Waals surface area contributed by atoms with Crippen LogP contribution in [0, 0.1) is 0 Å². The van der Waals surface area contributed by atoms with Gasteiger partial charge in [-0.15, -0.1) is 0 Å². The molecule has 0 heterocycles. The van der Waals surface area contributed by atoms with Crippen molar-refractivity contribution < 1.29 is 25.9 Å². The van der Waals surface area contributed by atoms with Gasteiger partial charge in [0.05, 0.1) is 10.00 Å². The van der Waals surface area contributed by atoms with E-state index in [0.29, 0.717) is 18.4 Å². The molecule has 34 heavy (non-hydrogen) atoms. The maximum atomic E-state index is 12.4. The largest absolute Gasteiger partial charge is 0.747 e. The molecule has 0 radical (unpaired) electrons. The zero-order valence-electron chi connectivity index (χ0n) is 20.7. The van der Waals surface area contributed by atoms with Gasteiger partial charge in [-0.1, -0.05) is 120 Å². The third-order valence-electron chi connectivity index (χ3n) is 6.16. The quantitative estimate of drug-likeness (QED) is 0.227. The van der Waals surface area contributed by atoms with Crippen LogP contribution in [0.15, 0.2) is 48.6 Å². The molecule has 0 amide bonds. The molecule has 196 valence electrons. The molecule has 2 atom stereocenters. The van der Waals surface area contributed by atoms with Crippen LogP contribution < -0.4 is 12.3 Å². The van der Waals surface area contributed by atoms with Crippen LogP contribution in [0.3, 0.4) is 0 Å². The molecule has 2 unspecified atom stereocenters. The van der Waals surface area contributed by atoms with Gasteiger partial charge in [0.1, 0.15) is 20.2 Å². The van der Waals surface area contributed by atoms with Crippen molar-refractivity contribution in [3.8, 4) is 0 Å². The second-order valence-electron chi connectivity index (χ2n) is 8.56. The van der Waals surface area contributed by atoms with E-state index in [1.165, 1.54) is 44.3 Å². The van der Waals surface area contributed by atoms with Crippen LogP contribution in [0.5, 0.6) is 0 Å². The summed E-state index contributed by atoms with van der Waals surface area (Å²) in [5.74, 6) is 0. The normalized spacial score (nSPS) is 20.2. The number of rotatable bonds is 14. The lowest BCUT2D eigenvalue weighted by atomic mass is 9.85. The zero-order valence-corrected chi connectivity index (χ0v) is 22.4. The Hall–Kier alpha value is -1.56. The van der Waals surface area contributed by atoms with E-state index in [1.807, 2.05) is 0 Å². The number of allylic oxidation sites excluding steroid dienone is 2. The summed E-state index contributed by atoms with van der Waals surface area (Å²) in [5, 5.41) is -1.97. The van der Waals surface area contributed by atoms with Crippen LogP contribution in [-0.2, 0) is 20.2 Å². The van der Waals surface area contributed by atoms with Crippen molar-refractivity contribution in [3.63, 3.8) is 0 Å². The smallest absolute Gasteiger partial charge is 0.106 e. The van der Waals surface area contributed by atoms with Crippen molar-refractivity contribution in [2.24, 2.45) is 0 Å². The number of benzene rings is 1. The summed E-state index contributed by atoms with van der Waals surface area (Å²) < 4.78 is 71.7. The first-order valence-electron chi connectivity index (χ1n) is 11.5. The Bertz CT molecular complexity index is 992. The van der Waals surface area contributed by atoms with Gasteiger partial charge in [-0.25, -0.2) is 16.8 Å². The Kier molecular flexibility index (Phi) is 14.1. The summed E-state index contributed by atoms with van der Waals surface area (Å²) in [6.07, 6.45) is 13.8. The lowest BCUT2D eigenvalue weighted by Crippen LogP contribution is -2.52. The third kappa shape index (κ3) is 8.58. The van der Waals surface area contributed by atoms with E-state index in [1.54, 1.807) is 30.3 Å². The molecule has 0 spiro atoms. The SMILES string of the molecule is CCCCCCCCCCCCC1(S(=O)(=O)[O-])C=CC=C(c2ccccc2)C1S(=O)(=O)[O-].[NH4+].[NH4+]. The molecule has 0 bridgehead atoms. The summed E-state index contributed by atoms with van der Waals surface area (Å²) in [7, 11) is -10.3. The Balaban J connectivity index is 0.00000544. The van der Waals surface area contributed by atoms with E-state index in [9.17, 15) is 25.9 Å². The first-order valence-corrected chi connectivity index (χ1v) is 14.4. The van der Waals surface area contributed by atoms with E-state index < -0.39 is 30.2 Å². The Morgan fingerprint density at radius 2 is 1.29 bits per heavy atom. The van der Waals surface area contributed by atoms with Crippen molar-refractivity contribution in [2.75, 3.05) is 0 Å². The number of unbranched alkanes of at least 4 members (excludes halogenated alkanes) is 9. The molecule has 0 aromatic heterocycles. The average molecular weight is 519 g/mol. The minimum absolute atomic E-state index is 0. The van der Waals surface area contributed by atoms with Gasteiger partial charge in [0.25, 0.3) is 0 Å². The molecule has 2 rings (SSSR count). The van der Waals surface area contributed by atoms with Gasteiger partial charge >= 0.3 is 0 Å². The molecule has 0 fully saturated rings. The highest BCUT2D eigenvalue weighted by molar-refractivity contribution is 7.91. The molecular weight excluding hydrogens is 476 g/mol. The van der Waals surface area contributed by atoms with E-state index in [-0.39, 0.29) is 24.3 Å². The monoisotopic (exact) mass is 518 g/mol. The molecule has 10 heteroatoms. The highest BCUT2D eigenvalue weighted by Gasteiger charge is 2.49. The predicted molar refractivity (Wildman–Crippen MR) is 138 cm³/mol. The van der Waals surface area contributed by atoms with Gasteiger partial charge in [-0.2, -0.15) is 0 Å². The van der Waals surface area contributed by atoms with Crippen molar-refractivity contribution in [3.05, 3.63) is 54.1 Å². The summed E-state index contributed by atoms with van der Waals surface area (Å²) in [6, 6.07) is 8.26. The Morgan fingerprint density at radius 1 is 0.794 bits per heavy atom. The fourth-order valence-corrected chi connectivity index (χ4v) is 7.42. The molecule has 1 aliphatic carbocycles. The van der Waals surface area contributed by atoms with E-state index in [2.05, 4.69) is 6.92 Å². The van der Waals surface area contributed by atoms with Crippen LogP contribution in [0.2, 0.25) is 0 Å². The second-order valence-corrected chi connectivity index (χ2v) is 11.7. The van der Waals surface area contributed by atoms with Crippen molar-refractivity contribution >= 4 is 25.8 Å². The molecule has 0 aliphatic heterocycles. The molecule has 0 saturated heterocycles. The molecule has 8 nitrogen and oxygen atoms in total. The Labute approximate surface area is 205 Å². The van der Waals surface area contributed by atoms with Gasteiger partial charge in [-0.3, -0.25) is 0 Å². The van der Waals surface area contributed by atoms with Gasteiger partial charge < -0.3 is 21.4 Å². The molecule has 1 aliphatic rings. The maximum Gasteiger partial charge on any atom is 0.106 e. The minimum Gasteiger partial charge on any atom is -0.747 e. The summed E-state index contributed by atoms with van der Waals surface area (Å²) in [6.45, 7) is 2.18. The summed E-state index contributed by atoms with van der Waals surface area (Å²) in [4.78, 5) is 0. The second kappa shape index (κ2) is 14.8. The summed E-state index contributed by atoms with van der Waals surface area (Å²) >= 11 is 0. The van der Waals surface area contributed by atoms with Crippen LogP contribution in [0.25, 0.3) is 5.57 Å². The predicted octanol–water partition coefficient (Wildman–Crippen LogP) is 5.90. The first kappa shape index (κ1) is 32.4. The number of hydrogen-bond donors (Lipinski definition) is 2. The van der Waals surface area contributed by atoms with Gasteiger partial charge in [0.2, 0.25) is 0 Å². The third-order valence-corrected chi connectivity index (χ3v) is 9.07. The number of hydrogen-bond acceptors (Lipinski definition) is 6. The van der Waals surface area contributed by atoms with Gasteiger partial charge in [-0.05, 0) is 17.6 Å². The number of quaternary nitrogens is 2. The van der Waals surface area contributed by atoms with E-state index in [4.69, 9.17) is 0 Å². The lowest BCUT2D eigenvalue weighted by molar-refractivity contribution is 0.396. The lowest BCUT2D eigenvalue weighted by Gasteiger charge is -2.44. The van der Waals surface area contributed by atoms with Crippen molar-refractivity contribution in [1.82, 2.24) is 12.3 Å². The topological polar surface area (TPSA) is 187 Å². The molecule has 1 aromatic carbocycles. The van der Waals surface area contributed by atoms with E-state index >= 15 is 0 Å². The molecule has 0 saturated carbocycles.